The summed E-state index contributed by atoms with van der Waals surface area (Å²) in [4.78, 5) is 15.3. The minimum atomic E-state index is -0.802. The summed E-state index contributed by atoms with van der Waals surface area (Å²) in [5.74, 6) is -0.797. The fourth-order valence-corrected chi connectivity index (χ4v) is 3.13. The Labute approximate surface area is 167 Å². The van der Waals surface area contributed by atoms with E-state index in [1.807, 2.05) is 48.5 Å². The Morgan fingerprint density at radius 3 is 2.55 bits per heavy atom. The van der Waals surface area contributed by atoms with Gasteiger partial charge >= 0.3 is 5.97 Å². The first-order chi connectivity index (χ1) is 14.1. The SMILES string of the molecule is O=C(O)CCc1ccc2cc(-c3cccc(Oc4ccccc4F)n3)ccc2c1. The first-order valence-electron chi connectivity index (χ1n) is 9.23. The van der Waals surface area contributed by atoms with Crippen LogP contribution in [0.4, 0.5) is 4.39 Å². The number of halogens is 1. The lowest BCUT2D eigenvalue weighted by atomic mass is 10.0. The van der Waals surface area contributed by atoms with Crippen LogP contribution in [-0.2, 0) is 11.2 Å². The highest BCUT2D eigenvalue weighted by atomic mass is 19.1. The molecule has 0 atom stereocenters. The lowest BCUT2D eigenvalue weighted by molar-refractivity contribution is -0.136. The minimum Gasteiger partial charge on any atom is -0.481 e. The molecule has 4 nitrogen and oxygen atoms in total. The molecule has 0 spiro atoms. The Kier molecular flexibility index (Phi) is 5.20. The third-order valence-corrected chi connectivity index (χ3v) is 4.60. The van der Waals surface area contributed by atoms with Crippen molar-refractivity contribution in [2.45, 2.75) is 12.8 Å². The van der Waals surface area contributed by atoms with Gasteiger partial charge in [-0.25, -0.2) is 9.37 Å². The predicted molar refractivity (Wildman–Crippen MR) is 110 cm³/mol. The average molecular weight is 387 g/mol. The standard InChI is InChI=1S/C24H18FNO3/c25-20-4-1-2-6-22(20)29-23-7-3-5-21(26-23)19-12-11-17-14-16(9-13-24(27)28)8-10-18(17)15-19/h1-8,10-12,14-15H,9,13H2,(H,27,28). The number of para-hydroxylation sites is 1. The van der Waals surface area contributed by atoms with E-state index in [2.05, 4.69) is 4.98 Å². The maximum Gasteiger partial charge on any atom is 0.303 e. The van der Waals surface area contributed by atoms with Gasteiger partial charge in [0, 0.05) is 18.1 Å². The van der Waals surface area contributed by atoms with E-state index in [1.165, 1.54) is 6.07 Å². The van der Waals surface area contributed by atoms with Crippen LogP contribution in [0, 0.1) is 5.82 Å². The summed E-state index contributed by atoms with van der Waals surface area (Å²) in [5, 5.41) is 10.9. The van der Waals surface area contributed by atoms with Crippen LogP contribution >= 0.6 is 0 Å². The quantitative estimate of drug-likeness (QED) is 0.451. The second-order valence-corrected chi connectivity index (χ2v) is 6.68. The molecule has 0 amide bonds. The summed E-state index contributed by atoms with van der Waals surface area (Å²) in [6.07, 6.45) is 0.617. The number of carboxylic acid groups (broad SMARTS) is 1. The van der Waals surface area contributed by atoms with Crippen molar-refractivity contribution in [3.05, 3.63) is 90.2 Å². The van der Waals surface area contributed by atoms with Crippen molar-refractivity contribution in [2.75, 3.05) is 0 Å². The number of rotatable bonds is 6. The molecule has 1 aromatic heterocycles. The molecule has 4 aromatic rings. The van der Waals surface area contributed by atoms with E-state index in [9.17, 15) is 9.18 Å². The molecule has 0 aliphatic rings. The van der Waals surface area contributed by atoms with E-state index in [0.717, 1.165) is 27.6 Å². The molecule has 0 aliphatic heterocycles. The third kappa shape index (κ3) is 4.41. The third-order valence-electron chi connectivity index (χ3n) is 4.60. The van der Waals surface area contributed by atoms with Gasteiger partial charge in [-0.2, -0.15) is 0 Å². The monoisotopic (exact) mass is 387 g/mol. The summed E-state index contributed by atoms with van der Waals surface area (Å²) >= 11 is 0. The van der Waals surface area contributed by atoms with Crippen LogP contribution < -0.4 is 4.74 Å². The number of aryl methyl sites for hydroxylation is 1. The smallest absolute Gasteiger partial charge is 0.303 e. The van der Waals surface area contributed by atoms with Gasteiger partial charge in [0.25, 0.3) is 0 Å². The van der Waals surface area contributed by atoms with Crippen LogP contribution in [0.25, 0.3) is 22.0 Å². The molecular weight excluding hydrogens is 369 g/mol. The molecular formula is C24H18FNO3. The molecule has 3 aromatic carbocycles. The van der Waals surface area contributed by atoms with Crippen molar-refractivity contribution in [1.82, 2.24) is 4.98 Å². The highest BCUT2D eigenvalue weighted by molar-refractivity contribution is 5.87. The van der Waals surface area contributed by atoms with Crippen LogP contribution in [0.3, 0.4) is 0 Å². The van der Waals surface area contributed by atoms with Gasteiger partial charge in [0.2, 0.25) is 5.88 Å². The van der Waals surface area contributed by atoms with E-state index < -0.39 is 11.8 Å². The van der Waals surface area contributed by atoms with Gasteiger partial charge in [0.05, 0.1) is 5.69 Å². The number of fused-ring (bicyclic) bond motifs is 1. The second kappa shape index (κ2) is 8.10. The molecule has 144 valence electrons. The van der Waals surface area contributed by atoms with Crippen molar-refractivity contribution < 1.29 is 19.0 Å². The Balaban J connectivity index is 1.60. The fraction of sp³-hybridized carbons (Fsp3) is 0.0833. The zero-order valence-corrected chi connectivity index (χ0v) is 15.5. The van der Waals surface area contributed by atoms with E-state index in [4.69, 9.17) is 9.84 Å². The van der Waals surface area contributed by atoms with Crippen LogP contribution in [0.5, 0.6) is 11.6 Å². The number of ether oxygens (including phenoxy) is 1. The van der Waals surface area contributed by atoms with Crippen LogP contribution in [0.15, 0.2) is 78.9 Å². The largest absolute Gasteiger partial charge is 0.481 e. The lowest BCUT2D eigenvalue weighted by Gasteiger charge is -2.09. The normalized spacial score (nSPS) is 10.8. The number of nitrogens with zero attached hydrogens (tertiary/aromatic N) is 1. The molecule has 29 heavy (non-hydrogen) atoms. The molecule has 0 saturated heterocycles. The maximum atomic E-state index is 13.8. The highest BCUT2D eigenvalue weighted by Gasteiger charge is 2.08. The maximum absolute atomic E-state index is 13.8. The second-order valence-electron chi connectivity index (χ2n) is 6.68. The number of hydrogen-bond acceptors (Lipinski definition) is 3. The summed E-state index contributed by atoms with van der Waals surface area (Å²) in [6, 6.07) is 23.5. The van der Waals surface area contributed by atoms with Crippen molar-refractivity contribution in [3.8, 4) is 22.9 Å². The van der Waals surface area contributed by atoms with Crippen molar-refractivity contribution >= 4 is 16.7 Å². The first kappa shape index (κ1) is 18.6. The van der Waals surface area contributed by atoms with Crippen molar-refractivity contribution in [1.29, 1.82) is 0 Å². The summed E-state index contributed by atoms with van der Waals surface area (Å²) < 4.78 is 19.4. The van der Waals surface area contributed by atoms with Crippen LogP contribution in [0.1, 0.15) is 12.0 Å². The van der Waals surface area contributed by atoms with Gasteiger partial charge in [0.1, 0.15) is 0 Å². The molecule has 0 fully saturated rings. The Bertz CT molecular complexity index is 1190. The van der Waals surface area contributed by atoms with Gasteiger partial charge in [0.15, 0.2) is 11.6 Å². The zero-order valence-electron chi connectivity index (χ0n) is 15.5. The molecule has 1 N–H and O–H groups in total. The molecule has 0 aliphatic carbocycles. The Morgan fingerprint density at radius 1 is 0.931 bits per heavy atom. The Hall–Kier alpha value is -3.73. The molecule has 0 saturated carbocycles. The predicted octanol–water partition coefficient (Wildman–Crippen LogP) is 5.85. The number of carbonyl (C=O) groups is 1. The zero-order chi connectivity index (χ0) is 20.2. The van der Waals surface area contributed by atoms with E-state index in [-0.39, 0.29) is 12.2 Å². The molecule has 5 heteroatoms. The number of aliphatic carboxylic acids is 1. The van der Waals surface area contributed by atoms with Crippen LogP contribution in [0.2, 0.25) is 0 Å². The minimum absolute atomic E-state index is 0.113. The number of pyridine rings is 1. The van der Waals surface area contributed by atoms with Gasteiger partial charge < -0.3 is 9.84 Å². The molecule has 0 radical (unpaired) electrons. The highest BCUT2D eigenvalue weighted by Crippen LogP contribution is 2.28. The Morgan fingerprint density at radius 2 is 1.72 bits per heavy atom. The molecule has 0 unspecified atom stereocenters. The van der Waals surface area contributed by atoms with Crippen LogP contribution in [-0.4, -0.2) is 16.1 Å². The molecule has 4 rings (SSSR count). The number of aromatic nitrogens is 1. The summed E-state index contributed by atoms with van der Waals surface area (Å²) in [7, 11) is 0. The van der Waals surface area contributed by atoms with Gasteiger partial charge in [-0.3, -0.25) is 4.79 Å². The molecule has 0 bridgehead atoms. The van der Waals surface area contributed by atoms with E-state index in [1.54, 1.807) is 24.3 Å². The number of hydrogen-bond donors (Lipinski definition) is 1. The summed E-state index contributed by atoms with van der Waals surface area (Å²) in [6.45, 7) is 0. The number of benzene rings is 3. The fourth-order valence-electron chi connectivity index (χ4n) is 3.13. The van der Waals surface area contributed by atoms with Crippen molar-refractivity contribution in [2.24, 2.45) is 0 Å². The van der Waals surface area contributed by atoms with Gasteiger partial charge in [-0.1, -0.05) is 48.5 Å². The average Bonchev–Trinajstić information content (AvgIpc) is 2.73. The van der Waals surface area contributed by atoms with Gasteiger partial charge in [-0.15, -0.1) is 0 Å². The van der Waals surface area contributed by atoms with Crippen molar-refractivity contribution in [3.63, 3.8) is 0 Å². The first-order valence-corrected chi connectivity index (χ1v) is 9.23. The van der Waals surface area contributed by atoms with E-state index >= 15 is 0 Å². The molecule has 1 heterocycles. The summed E-state index contributed by atoms with van der Waals surface area (Å²) in [5.41, 5.74) is 2.62. The topological polar surface area (TPSA) is 59.4 Å². The number of carboxylic acids is 1. The van der Waals surface area contributed by atoms with E-state index in [0.29, 0.717) is 12.3 Å². The van der Waals surface area contributed by atoms with Gasteiger partial charge in [-0.05, 0) is 47.0 Å². The lowest BCUT2D eigenvalue weighted by Crippen LogP contribution is -1.97.